The van der Waals surface area contributed by atoms with Crippen molar-refractivity contribution < 1.29 is 8.42 Å². The average molecular weight is 529 g/mol. The minimum absolute atomic E-state index is 0.0695. The van der Waals surface area contributed by atoms with E-state index in [4.69, 9.17) is 23.2 Å². The van der Waals surface area contributed by atoms with Crippen LogP contribution in [0.25, 0.3) is 21.3 Å². The van der Waals surface area contributed by atoms with Gasteiger partial charge in [0.25, 0.3) is 10.0 Å². The molecule has 0 saturated carbocycles. The molecule has 170 valence electrons. The number of rotatable bonds is 6. The Bertz CT molecular complexity index is 1570. The molecule has 0 spiro atoms. The van der Waals surface area contributed by atoms with E-state index in [2.05, 4.69) is 30.2 Å². The lowest BCUT2D eigenvalue weighted by Crippen LogP contribution is -2.14. The van der Waals surface area contributed by atoms with Crippen molar-refractivity contribution in [3.8, 4) is 11.1 Å². The fourth-order valence-corrected chi connectivity index (χ4v) is 5.37. The Morgan fingerprint density at radius 1 is 0.853 bits per heavy atom. The van der Waals surface area contributed by atoms with E-state index < -0.39 is 10.0 Å². The molecule has 0 aliphatic heterocycles. The highest BCUT2D eigenvalue weighted by Gasteiger charge is 2.16. The summed E-state index contributed by atoms with van der Waals surface area (Å²) >= 11 is 13.2. The molecular weight excluding hydrogens is 515 g/mol. The van der Waals surface area contributed by atoms with E-state index in [1.54, 1.807) is 12.1 Å². The maximum absolute atomic E-state index is 12.7. The van der Waals surface area contributed by atoms with E-state index in [0.29, 0.717) is 16.5 Å². The first kappa shape index (κ1) is 22.5. The lowest BCUT2D eigenvalue weighted by Gasteiger charge is -2.10. The first-order valence-corrected chi connectivity index (χ1v) is 12.9. The van der Waals surface area contributed by atoms with E-state index in [1.165, 1.54) is 41.9 Å². The first-order valence-electron chi connectivity index (χ1n) is 9.76. The Morgan fingerprint density at radius 3 is 2.32 bits per heavy atom. The first-order chi connectivity index (χ1) is 16.4. The number of thiophene rings is 1. The highest BCUT2D eigenvalue weighted by atomic mass is 35.5. The maximum atomic E-state index is 12.7. The van der Waals surface area contributed by atoms with Gasteiger partial charge < -0.3 is 5.32 Å². The van der Waals surface area contributed by atoms with Crippen LogP contribution in [0.3, 0.4) is 0 Å². The average Bonchev–Trinajstić information content (AvgIpc) is 3.27. The van der Waals surface area contributed by atoms with Crippen molar-refractivity contribution >= 4 is 72.1 Å². The van der Waals surface area contributed by atoms with Crippen LogP contribution < -0.4 is 10.0 Å². The molecule has 5 aromatic rings. The highest BCUT2D eigenvalue weighted by Crippen LogP contribution is 2.37. The molecule has 3 heterocycles. The van der Waals surface area contributed by atoms with Crippen LogP contribution in [0, 0.1) is 0 Å². The number of nitrogens with zero attached hydrogens (tertiary/aromatic N) is 4. The van der Waals surface area contributed by atoms with Gasteiger partial charge in [0.2, 0.25) is 0 Å². The second-order valence-corrected chi connectivity index (χ2v) is 10.4. The number of fused-ring (bicyclic) bond motifs is 1. The highest BCUT2D eigenvalue weighted by molar-refractivity contribution is 7.92. The number of hydrogen-bond acceptors (Lipinski definition) is 8. The number of nitrogens with one attached hydrogen (secondary N) is 2. The van der Waals surface area contributed by atoms with Crippen LogP contribution in [0.5, 0.6) is 0 Å². The predicted octanol–water partition coefficient (Wildman–Crippen LogP) is 6.00. The van der Waals surface area contributed by atoms with Crippen molar-refractivity contribution in [3.63, 3.8) is 0 Å². The summed E-state index contributed by atoms with van der Waals surface area (Å²) in [6, 6.07) is 16.7. The molecule has 0 atom stereocenters. The van der Waals surface area contributed by atoms with Gasteiger partial charge in [0.05, 0.1) is 10.3 Å². The zero-order valence-electron chi connectivity index (χ0n) is 17.1. The molecule has 34 heavy (non-hydrogen) atoms. The zero-order valence-corrected chi connectivity index (χ0v) is 20.3. The van der Waals surface area contributed by atoms with Gasteiger partial charge in [0.15, 0.2) is 11.0 Å². The van der Waals surface area contributed by atoms with Gasteiger partial charge in [-0.1, -0.05) is 35.3 Å². The van der Waals surface area contributed by atoms with Crippen molar-refractivity contribution in [2.75, 3.05) is 10.0 Å². The molecule has 0 unspecified atom stereocenters. The fourth-order valence-electron chi connectivity index (χ4n) is 3.23. The molecule has 0 aliphatic rings. The molecule has 0 fully saturated rings. The van der Waals surface area contributed by atoms with Crippen LogP contribution in [-0.2, 0) is 10.0 Å². The summed E-state index contributed by atoms with van der Waals surface area (Å²) in [6.45, 7) is 0. The molecule has 5 rings (SSSR count). The number of aromatic nitrogens is 4. The Hall–Kier alpha value is -3.31. The van der Waals surface area contributed by atoms with E-state index in [9.17, 15) is 8.42 Å². The summed E-state index contributed by atoms with van der Waals surface area (Å²) in [6.07, 6.45) is 1.49. The monoisotopic (exact) mass is 528 g/mol. The Labute approximate surface area is 208 Å². The third kappa shape index (κ3) is 4.66. The Morgan fingerprint density at radius 2 is 1.62 bits per heavy atom. The number of anilines is 3. The number of hydrogen-bond donors (Lipinski definition) is 2. The third-order valence-electron chi connectivity index (χ3n) is 4.82. The van der Waals surface area contributed by atoms with E-state index in [0.717, 1.165) is 21.3 Å². The quantitative estimate of drug-likeness (QED) is 0.278. The van der Waals surface area contributed by atoms with Crippen LogP contribution in [0.4, 0.5) is 17.3 Å². The summed E-state index contributed by atoms with van der Waals surface area (Å²) in [5.41, 5.74) is 2.64. The van der Waals surface area contributed by atoms with E-state index in [1.807, 2.05) is 29.6 Å². The molecule has 12 heteroatoms. The molecule has 3 aromatic heterocycles. The Balaban J connectivity index is 1.42. The van der Waals surface area contributed by atoms with Gasteiger partial charge in [-0.3, -0.25) is 4.72 Å². The van der Waals surface area contributed by atoms with Crippen molar-refractivity contribution in [2.45, 2.75) is 4.90 Å². The predicted molar refractivity (Wildman–Crippen MR) is 135 cm³/mol. The second-order valence-electron chi connectivity index (χ2n) is 7.05. The summed E-state index contributed by atoms with van der Waals surface area (Å²) in [7, 11) is -3.85. The van der Waals surface area contributed by atoms with Gasteiger partial charge in [-0.15, -0.1) is 21.5 Å². The molecule has 0 aliphatic carbocycles. The molecule has 2 N–H and O–H groups in total. The maximum Gasteiger partial charge on any atom is 0.263 e. The second kappa shape index (κ2) is 9.15. The van der Waals surface area contributed by atoms with Gasteiger partial charge >= 0.3 is 0 Å². The van der Waals surface area contributed by atoms with Crippen LogP contribution in [0.15, 0.2) is 77.3 Å². The molecule has 0 amide bonds. The lowest BCUT2D eigenvalue weighted by atomic mass is 10.1. The van der Waals surface area contributed by atoms with Crippen molar-refractivity contribution in [3.05, 3.63) is 82.5 Å². The van der Waals surface area contributed by atoms with E-state index >= 15 is 0 Å². The van der Waals surface area contributed by atoms with Crippen LogP contribution in [0.2, 0.25) is 10.2 Å². The molecule has 0 radical (unpaired) electrons. The number of benzene rings is 2. The van der Waals surface area contributed by atoms with Crippen molar-refractivity contribution in [1.82, 2.24) is 20.2 Å². The topological polar surface area (TPSA) is 110 Å². The lowest BCUT2D eigenvalue weighted by molar-refractivity contribution is 0.601. The molecule has 2 aromatic carbocycles. The minimum atomic E-state index is -3.85. The van der Waals surface area contributed by atoms with Gasteiger partial charge in [-0.2, -0.15) is 0 Å². The molecule has 8 nitrogen and oxygen atoms in total. The van der Waals surface area contributed by atoms with E-state index in [-0.39, 0.29) is 15.9 Å². The van der Waals surface area contributed by atoms with Gasteiger partial charge in [0, 0.05) is 21.7 Å². The summed E-state index contributed by atoms with van der Waals surface area (Å²) in [5.74, 6) is 0.684. The largest absolute Gasteiger partial charge is 0.340 e. The van der Waals surface area contributed by atoms with Gasteiger partial charge in [-0.05, 0) is 54.1 Å². The van der Waals surface area contributed by atoms with Crippen molar-refractivity contribution in [2.24, 2.45) is 0 Å². The van der Waals surface area contributed by atoms with Gasteiger partial charge in [-0.25, -0.2) is 18.4 Å². The SMILES string of the molecule is O=S(=O)(Nc1ccc(Cl)nn1)c1ccc(Nc2ncnc3scc(-c4ccc(Cl)cc4)c23)cc1. The zero-order chi connectivity index (χ0) is 23.7. The normalized spacial score (nSPS) is 11.5. The third-order valence-corrected chi connectivity index (χ3v) is 7.53. The van der Waals surface area contributed by atoms with Crippen LogP contribution in [-0.4, -0.2) is 28.6 Å². The standard InChI is InChI=1S/C22H14Cl2N6O2S2/c23-14-3-1-13(2-4-14)17-11-33-22-20(17)21(25-12-26-22)27-15-5-7-16(8-6-15)34(31,32)30-19-10-9-18(24)28-29-19/h1-12H,(H,29,30)(H,25,26,27). The molecule has 0 saturated heterocycles. The molecule has 0 bridgehead atoms. The smallest absolute Gasteiger partial charge is 0.263 e. The summed E-state index contributed by atoms with van der Waals surface area (Å²) in [4.78, 5) is 9.69. The van der Waals surface area contributed by atoms with Crippen LogP contribution >= 0.6 is 34.5 Å². The Kier molecular flexibility index (Phi) is 6.05. The fraction of sp³-hybridized carbons (Fsp3) is 0. The number of sulfonamides is 1. The summed E-state index contributed by atoms with van der Waals surface area (Å²) < 4.78 is 27.7. The number of halogens is 2. The van der Waals surface area contributed by atoms with Crippen molar-refractivity contribution in [1.29, 1.82) is 0 Å². The van der Waals surface area contributed by atoms with Gasteiger partial charge in [0.1, 0.15) is 17.0 Å². The molecular formula is C22H14Cl2N6O2S2. The minimum Gasteiger partial charge on any atom is -0.340 e. The van der Waals surface area contributed by atoms with Crippen LogP contribution in [0.1, 0.15) is 0 Å². The summed E-state index contributed by atoms with van der Waals surface area (Å²) in [5, 5.41) is 14.3.